The lowest BCUT2D eigenvalue weighted by Gasteiger charge is -2.14. The first-order chi connectivity index (χ1) is 11.3. The molecule has 1 aliphatic carbocycles. The van der Waals surface area contributed by atoms with E-state index in [0.29, 0.717) is 0 Å². The molecule has 0 atom stereocenters. The second-order valence-corrected chi connectivity index (χ2v) is 8.33. The molecule has 0 unspecified atom stereocenters. The molecule has 0 spiro atoms. The highest BCUT2D eigenvalue weighted by atomic mass is 35.5. The lowest BCUT2D eigenvalue weighted by Crippen LogP contribution is -2.36. The lowest BCUT2D eigenvalue weighted by molar-refractivity contribution is -0.123. The summed E-state index contributed by atoms with van der Waals surface area (Å²) in [7, 11) is -3.62. The van der Waals surface area contributed by atoms with Crippen LogP contribution in [0.1, 0.15) is 39.5 Å². The first-order valence-corrected chi connectivity index (χ1v) is 9.88. The molecule has 2 N–H and O–H groups in total. The van der Waals surface area contributed by atoms with Gasteiger partial charge < -0.3 is 10.1 Å². The summed E-state index contributed by atoms with van der Waals surface area (Å²) in [6.07, 6.45) is 4.28. The van der Waals surface area contributed by atoms with Crippen LogP contribution in [0.4, 0.5) is 0 Å². The van der Waals surface area contributed by atoms with Crippen LogP contribution in [0.3, 0.4) is 0 Å². The van der Waals surface area contributed by atoms with Crippen molar-refractivity contribution in [2.45, 2.75) is 56.5 Å². The van der Waals surface area contributed by atoms with Gasteiger partial charge in [-0.15, -0.1) is 0 Å². The van der Waals surface area contributed by atoms with Gasteiger partial charge in [0.2, 0.25) is 10.0 Å². The summed E-state index contributed by atoms with van der Waals surface area (Å²) in [5.74, 6) is 0.0814. The molecule has 1 aromatic carbocycles. The number of hydrogen-bond acceptors (Lipinski definition) is 4. The van der Waals surface area contributed by atoms with E-state index in [2.05, 4.69) is 10.0 Å². The van der Waals surface area contributed by atoms with E-state index in [9.17, 15) is 13.2 Å². The largest absolute Gasteiger partial charge is 0.482 e. The molecule has 24 heavy (non-hydrogen) atoms. The van der Waals surface area contributed by atoms with E-state index in [-0.39, 0.29) is 40.3 Å². The Balaban J connectivity index is 1.95. The monoisotopic (exact) mass is 374 g/mol. The summed E-state index contributed by atoms with van der Waals surface area (Å²) in [6.45, 7) is 3.33. The molecule has 1 amide bonds. The van der Waals surface area contributed by atoms with E-state index >= 15 is 0 Å². The number of rotatable bonds is 7. The zero-order valence-electron chi connectivity index (χ0n) is 13.8. The van der Waals surface area contributed by atoms with Crippen LogP contribution in [0, 0.1) is 0 Å². The number of carbonyl (C=O) groups is 1. The molecule has 2 rings (SSSR count). The third kappa shape index (κ3) is 5.36. The van der Waals surface area contributed by atoms with Gasteiger partial charge in [-0.25, -0.2) is 13.1 Å². The number of amides is 1. The van der Waals surface area contributed by atoms with Crippen LogP contribution in [-0.4, -0.2) is 33.0 Å². The maximum Gasteiger partial charge on any atom is 0.258 e. The van der Waals surface area contributed by atoms with Crippen LogP contribution in [0.15, 0.2) is 23.1 Å². The number of sulfonamides is 1. The summed E-state index contributed by atoms with van der Waals surface area (Å²) >= 11 is 6.08. The maximum atomic E-state index is 12.1. The number of hydrogen-bond donors (Lipinski definition) is 2. The predicted molar refractivity (Wildman–Crippen MR) is 92.8 cm³/mol. The smallest absolute Gasteiger partial charge is 0.258 e. The highest BCUT2D eigenvalue weighted by Gasteiger charge is 2.19. The highest BCUT2D eigenvalue weighted by molar-refractivity contribution is 7.89. The molecule has 0 aromatic heterocycles. The summed E-state index contributed by atoms with van der Waals surface area (Å²) in [4.78, 5) is 11.9. The van der Waals surface area contributed by atoms with Gasteiger partial charge in [0.15, 0.2) is 6.61 Å². The third-order valence-corrected chi connectivity index (χ3v) is 5.64. The van der Waals surface area contributed by atoms with Crippen molar-refractivity contribution in [3.05, 3.63) is 23.2 Å². The minimum atomic E-state index is -3.62. The fourth-order valence-corrected chi connectivity index (χ4v) is 4.20. The van der Waals surface area contributed by atoms with Crippen LogP contribution >= 0.6 is 11.6 Å². The molecule has 8 heteroatoms. The zero-order valence-corrected chi connectivity index (χ0v) is 15.4. The Morgan fingerprint density at radius 2 is 2.00 bits per heavy atom. The third-order valence-electron chi connectivity index (χ3n) is 3.68. The topological polar surface area (TPSA) is 84.5 Å². The van der Waals surface area contributed by atoms with Gasteiger partial charge in [-0.3, -0.25) is 4.79 Å². The molecule has 0 bridgehead atoms. The van der Waals surface area contributed by atoms with Crippen molar-refractivity contribution in [2.75, 3.05) is 6.61 Å². The van der Waals surface area contributed by atoms with Crippen molar-refractivity contribution in [1.29, 1.82) is 0 Å². The van der Waals surface area contributed by atoms with Crippen molar-refractivity contribution < 1.29 is 17.9 Å². The van der Waals surface area contributed by atoms with Crippen molar-refractivity contribution in [2.24, 2.45) is 0 Å². The molecule has 1 aliphatic rings. The van der Waals surface area contributed by atoms with Crippen LogP contribution in [-0.2, 0) is 14.8 Å². The van der Waals surface area contributed by atoms with Crippen molar-refractivity contribution >= 4 is 27.5 Å². The average molecular weight is 375 g/mol. The van der Waals surface area contributed by atoms with Crippen LogP contribution in [0.2, 0.25) is 5.02 Å². The molecule has 0 radical (unpaired) electrons. The molecular weight excluding hydrogens is 352 g/mol. The normalized spacial score (nSPS) is 15.7. The second-order valence-electron chi connectivity index (χ2n) is 6.21. The Hall–Kier alpha value is -1.31. The molecule has 0 aliphatic heterocycles. The summed E-state index contributed by atoms with van der Waals surface area (Å²) in [5, 5.41) is 3.06. The molecule has 1 saturated carbocycles. The van der Waals surface area contributed by atoms with E-state index in [1.807, 2.05) is 0 Å². The molecule has 0 saturated heterocycles. The van der Waals surface area contributed by atoms with Gasteiger partial charge in [-0.1, -0.05) is 24.4 Å². The Bertz CT molecular complexity index is 685. The quantitative estimate of drug-likeness (QED) is 0.767. The first-order valence-electron chi connectivity index (χ1n) is 8.02. The van der Waals surface area contributed by atoms with Gasteiger partial charge in [-0.2, -0.15) is 0 Å². The highest BCUT2D eigenvalue weighted by Crippen LogP contribution is 2.27. The van der Waals surface area contributed by atoms with Gasteiger partial charge in [0, 0.05) is 12.1 Å². The standard InChI is InChI=1S/C16H23ClN2O4S/c1-11(2)19-24(21,22)13-7-8-15(14(17)9-13)23-10-16(20)18-12-5-3-4-6-12/h7-9,11-12,19H,3-6,10H2,1-2H3,(H,18,20). The van der Waals surface area contributed by atoms with Gasteiger partial charge >= 0.3 is 0 Å². The van der Waals surface area contributed by atoms with E-state index in [1.54, 1.807) is 13.8 Å². The van der Waals surface area contributed by atoms with Gasteiger partial charge in [0.25, 0.3) is 5.91 Å². The lowest BCUT2D eigenvalue weighted by atomic mass is 10.2. The van der Waals surface area contributed by atoms with Crippen molar-refractivity contribution in [3.8, 4) is 5.75 Å². The van der Waals surface area contributed by atoms with Gasteiger partial charge in [0.1, 0.15) is 5.75 Å². The Morgan fingerprint density at radius 3 is 2.58 bits per heavy atom. The summed E-state index contributed by atoms with van der Waals surface area (Å²) in [6, 6.07) is 4.19. The van der Waals surface area contributed by atoms with Gasteiger partial charge in [0.05, 0.1) is 9.92 Å². The number of benzene rings is 1. The predicted octanol–water partition coefficient (Wildman–Crippen LogP) is 2.46. The van der Waals surface area contributed by atoms with Crippen LogP contribution in [0.25, 0.3) is 0 Å². The van der Waals surface area contributed by atoms with Crippen LogP contribution in [0.5, 0.6) is 5.75 Å². The zero-order chi connectivity index (χ0) is 17.7. The Labute approximate surface area is 148 Å². The Kier molecular flexibility index (Phi) is 6.48. The fourth-order valence-electron chi connectivity index (χ4n) is 2.63. The molecule has 0 heterocycles. The minimum absolute atomic E-state index is 0.0592. The van der Waals surface area contributed by atoms with E-state index in [0.717, 1.165) is 25.7 Å². The summed E-state index contributed by atoms with van der Waals surface area (Å²) < 4.78 is 32.1. The second kappa shape index (κ2) is 8.18. The average Bonchev–Trinajstić information content (AvgIpc) is 2.97. The Morgan fingerprint density at radius 1 is 1.33 bits per heavy atom. The van der Waals surface area contributed by atoms with Gasteiger partial charge in [-0.05, 0) is 44.9 Å². The SMILES string of the molecule is CC(C)NS(=O)(=O)c1ccc(OCC(=O)NC2CCCC2)c(Cl)c1. The van der Waals surface area contributed by atoms with E-state index in [1.165, 1.54) is 18.2 Å². The number of nitrogens with one attached hydrogen (secondary N) is 2. The number of ether oxygens (including phenoxy) is 1. The maximum absolute atomic E-state index is 12.1. The number of halogens is 1. The molecule has 6 nitrogen and oxygen atoms in total. The van der Waals surface area contributed by atoms with E-state index < -0.39 is 10.0 Å². The molecule has 1 fully saturated rings. The van der Waals surface area contributed by atoms with E-state index in [4.69, 9.17) is 16.3 Å². The fraction of sp³-hybridized carbons (Fsp3) is 0.562. The molecule has 1 aromatic rings. The minimum Gasteiger partial charge on any atom is -0.482 e. The van der Waals surface area contributed by atoms with Crippen molar-refractivity contribution in [1.82, 2.24) is 10.0 Å². The molecule has 134 valence electrons. The van der Waals surface area contributed by atoms with Crippen molar-refractivity contribution in [3.63, 3.8) is 0 Å². The summed E-state index contributed by atoms with van der Waals surface area (Å²) in [5.41, 5.74) is 0. The molecular formula is C16H23ClN2O4S. The number of carbonyl (C=O) groups excluding carboxylic acids is 1. The van der Waals surface area contributed by atoms with Crippen LogP contribution < -0.4 is 14.8 Å². The first kappa shape index (κ1) is 19.0.